The largest absolute Gasteiger partial charge is 0.351 e. The first kappa shape index (κ1) is 15.5. The van der Waals surface area contributed by atoms with Gasteiger partial charge in [-0.05, 0) is 41.2 Å². The lowest BCUT2D eigenvalue weighted by Gasteiger charge is -2.07. The van der Waals surface area contributed by atoms with Crippen molar-refractivity contribution < 1.29 is 13.2 Å². The van der Waals surface area contributed by atoms with Crippen molar-refractivity contribution in [3.05, 3.63) is 28.2 Å². The summed E-state index contributed by atoms with van der Waals surface area (Å²) < 4.78 is 25.1. The van der Waals surface area contributed by atoms with E-state index >= 15 is 0 Å². The fourth-order valence-electron chi connectivity index (χ4n) is 1.18. The van der Waals surface area contributed by atoms with Crippen LogP contribution in [0.5, 0.6) is 0 Å². The highest BCUT2D eigenvalue weighted by Crippen LogP contribution is 2.19. The van der Waals surface area contributed by atoms with Crippen LogP contribution in [-0.2, 0) is 10.0 Å². The molecule has 1 aromatic rings. The zero-order chi connectivity index (χ0) is 13.8. The maximum absolute atomic E-state index is 11.8. The van der Waals surface area contributed by atoms with Crippen LogP contribution in [0, 0.1) is 0 Å². The minimum absolute atomic E-state index is 0.0469. The Morgan fingerprint density at radius 2 is 2.11 bits per heavy atom. The van der Waals surface area contributed by atoms with Crippen molar-refractivity contribution in [3.63, 3.8) is 0 Å². The van der Waals surface area contributed by atoms with Crippen LogP contribution < -0.4 is 10.0 Å². The van der Waals surface area contributed by atoms with Crippen LogP contribution in [-0.4, -0.2) is 33.7 Å². The summed E-state index contributed by atoms with van der Waals surface area (Å²) in [6.07, 6.45) is 0. The van der Waals surface area contributed by atoms with Gasteiger partial charge in [-0.25, -0.2) is 13.1 Å². The number of carbonyl (C=O) groups excluding carboxylic acids is 1. The lowest BCUT2D eigenvalue weighted by molar-refractivity contribution is 0.0955. The number of nitrogens with one attached hydrogen (secondary N) is 2. The molecule has 0 aliphatic heterocycles. The minimum atomic E-state index is -3.31. The molecule has 0 spiro atoms. The van der Waals surface area contributed by atoms with E-state index in [0.29, 0.717) is 14.9 Å². The molecule has 0 saturated heterocycles. The maximum atomic E-state index is 11.8. The molecule has 1 amide bonds. The summed E-state index contributed by atoms with van der Waals surface area (Å²) in [6.45, 7) is 0.0469. The van der Waals surface area contributed by atoms with Gasteiger partial charge in [0.15, 0.2) is 0 Å². The molecule has 5 nitrogen and oxygen atoms in total. The molecular formula is C10H13BrN2O3S2. The minimum Gasteiger partial charge on any atom is -0.351 e. The second kappa shape index (κ2) is 6.55. The molecule has 0 bridgehead atoms. The number of sulfonamides is 1. The molecule has 1 aromatic carbocycles. The van der Waals surface area contributed by atoms with Crippen molar-refractivity contribution in [1.29, 1.82) is 0 Å². The number of benzene rings is 1. The van der Waals surface area contributed by atoms with Crippen LogP contribution in [0.2, 0.25) is 0 Å². The van der Waals surface area contributed by atoms with E-state index in [1.165, 1.54) is 7.05 Å². The molecule has 18 heavy (non-hydrogen) atoms. The first-order valence-electron chi connectivity index (χ1n) is 5.03. The van der Waals surface area contributed by atoms with Crippen molar-refractivity contribution in [1.82, 2.24) is 10.0 Å². The van der Waals surface area contributed by atoms with E-state index in [0.717, 1.165) is 0 Å². The van der Waals surface area contributed by atoms with Gasteiger partial charge in [0.2, 0.25) is 10.0 Å². The normalized spacial score (nSPS) is 11.3. The second-order valence-corrected chi connectivity index (χ2v) is 6.86. The van der Waals surface area contributed by atoms with Gasteiger partial charge in [0.1, 0.15) is 0 Å². The predicted molar refractivity (Wildman–Crippen MR) is 76.6 cm³/mol. The number of amides is 1. The Hall–Kier alpha value is -0.570. The van der Waals surface area contributed by atoms with Crippen molar-refractivity contribution in [2.45, 2.75) is 4.90 Å². The van der Waals surface area contributed by atoms with Gasteiger partial charge in [-0.3, -0.25) is 4.79 Å². The highest BCUT2D eigenvalue weighted by Gasteiger charge is 2.12. The summed E-state index contributed by atoms with van der Waals surface area (Å²) in [5.74, 6) is -0.503. The Bertz CT molecular complexity index is 546. The topological polar surface area (TPSA) is 75.3 Å². The SMILES string of the molecule is CNS(=O)(=O)CCNC(=O)c1cc(S)ccc1Br. The Labute approximate surface area is 120 Å². The van der Waals surface area contributed by atoms with E-state index in [-0.39, 0.29) is 18.2 Å². The summed E-state index contributed by atoms with van der Waals surface area (Å²) in [4.78, 5) is 12.5. The van der Waals surface area contributed by atoms with Crippen LogP contribution in [0.15, 0.2) is 27.6 Å². The average Bonchev–Trinajstić information content (AvgIpc) is 2.32. The molecule has 0 radical (unpaired) electrons. The zero-order valence-corrected chi connectivity index (χ0v) is 12.9. The molecule has 0 unspecified atom stereocenters. The van der Waals surface area contributed by atoms with Crippen molar-refractivity contribution in [2.24, 2.45) is 0 Å². The molecule has 0 aliphatic carbocycles. The van der Waals surface area contributed by atoms with Crippen molar-refractivity contribution in [2.75, 3.05) is 19.3 Å². The molecule has 0 aromatic heterocycles. The average molecular weight is 353 g/mol. The third kappa shape index (κ3) is 4.60. The molecule has 0 saturated carbocycles. The highest BCUT2D eigenvalue weighted by molar-refractivity contribution is 9.10. The van der Waals surface area contributed by atoms with Crippen LogP contribution in [0.3, 0.4) is 0 Å². The van der Waals surface area contributed by atoms with Crippen LogP contribution in [0.1, 0.15) is 10.4 Å². The Kier molecular flexibility index (Phi) is 5.64. The Balaban J connectivity index is 2.64. The quantitative estimate of drug-likeness (QED) is 0.692. The van der Waals surface area contributed by atoms with E-state index in [9.17, 15) is 13.2 Å². The fraction of sp³-hybridized carbons (Fsp3) is 0.300. The van der Waals surface area contributed by atoms with Crippen molar-refractivity contribution >= 4 is 44.5 Å². The van der Waals surface area contributed by atoms with Gasteiger partial charge < -0.3 is 5.32 Å². The summed E-state index contributed by atoms with van der Waals surface area (Å²) >= 11 is 7.39. The van der Waals surface area contributed by atoms with Gasteiger partial charge in [0.25, 0.3) is 5.91 Å². The van der Waals surface area contributed by atoms with Gasteiger partial charge in [-0.2, -0.15) is 0 Å². The smallest absolute Gasteiger partial charge is 0.252 e. The molecule has 0 aliphatic rings. The number of hydrogen-bond donors (Lipinski definition) is 3. The number of rotatable bonds is 5. The molecular weight excluding hydrogens is 340 g/mol. The Morgan fingerprint density at radius 3 is 2.72 bits per heavy atom. The molecule has 1 rings (SSSR count). The molecule has 0 fully saturated rings. The first-order chi connectivity index (χ1) is 8.35. The zero-order valence-electron chi connectivity index (χ0n) is 9.60. The molecule has 100 valence electrons. The van der Waals surface area contributed by atoms with Gasteiger partial charge in [0.05, 0.1) is 11.3 Å². The molecule has 0 heterocycles. The molecule has 0 atom stereocenters. The fourth-order valence-corrected chi connectivity index (χ4v) is 2.39. The van der Waals surface area contributed by atoms with Crippen LogP contribution in [0.4, 0.5) is 0 Å². The van der Waals surface area contributed by atoms with Gasteiger partial charge >= 0.3 is 0 Å². The molecule has 2 N–H and O–H groups in total. The summed E-state index contributed by atoms with van der Waals surface area (Å²) in [7, 11) is -1.98. The summed E-state index contributed by atoms with van der Waals surface area (Å²) in [6, 6.07) is 5.06. The van der Waals surface area contributed by atoms with Gasteiger partial charge in [-0.1, -0.05) is 0 Å². The highest BCUT2D eigenvalue weighted by atomic mass is 79.9. The van der Waals surface area contributed by atoms with E-state index in [1.54, 1.807) is 18.2 Å². The van der Waals surface area contributed by atoms with Gasteiger partial charge in [-0.15, -0.1) is 12.6 Å². The van der Waals surface area contributed by atoms with E-state index < -0.39 is 10.0 Å². The first-order valence-corrected chi connectivity index (χ1v) is 7.93. The number of halogens is 1. The third-order valence-corrected chi connectivity index (χ3v) is 4.50. The van der Waals surface area contributed by atoms with E-state index in [2.05, 4.69) is 38.6 Å². The van der Waals surface area contributed by atoms with E-state index in [4.69, 9.17) is 0 Å². The lowest BCUT2D eigenvalue weighted by atomic mass is 10.2. The van der Waals surface area contributed by atoms with Crippen LogP contribution >= 0.6 is 28.6 Å². The van der Waals surface area contributed by atoms with Crippen LogP contribution in [0.25, 0.3) is 0 Å². The Morgan fingerprint density at radius 1 is 1.44 bits per heavy atom. The standard InChI is InChI=1S/C10H13BrN2O3S2/c1-12-18(15,16)5-4-13-10(14)8-6-7(17)2-3-9(8)11/h2-3,6,12,17H,4-5H2,1H3,(H,13,14). The summed E-state index contributed by atoms with van der Waals surface area (Å²) in [5, 5.41) is 2.54. The lowest BCUT2D eigenvalue weighted by Crippen LogP contribution is -2.33. The number of hydrogen-bond acceptors (Lipinski definition) is 4. The maximum Gasteiger partial charge on any atom is 0.252 e. The molecule has 8 heteroatoms. The summed E-state index contributed by atoms with van der Waals surface area (Å²) in [5.41, 5.74) is 0.421. The predicted octanol–water partition coefficient (Wildman–Crippen LogP) is 1.02. The van der Waals surface area contributed by atoms with E-state index in [1.807, 2.05) is 0 Å². The number of thiol groups is 1. The van der Waals surface area contributed by atoms with Gasteiger partial charge in [0, 0.05) is 15.9 Å². The van der Waals surface area contributed by atoms with Crippen molar-refractivity contribution in [3.8, 4) is 0 Å². The second-order valence-electron chi connectivity index (χ2n) is 3.44. The third-order valence-electron chi connectivity index (χ3n) is 2.16. The monoisotopic (exact) mass is 352 g/mol. The number of carbonyl (C=O) groups is 1.